The number of aromatic nitrogens is 2. The van der Waals surface area contributed by atoms with Gasteiger partial charge in [0.05, 0.1) is 42.1 Å². The predicted molar refractivity (Wildman–Crippen MR) is 148 cm³/mol. The number of para-hydroxylation sites is 1. The number of pyridine rings is 2. The van der Waals surface area contributed by atoms with Gasteiger partial charge in [0.2, 0.25) is 17.7 Å². The lowest BCUT2D eigenvalue weighted by Gasteiger charge is -2.39. The van der Waals surface area contributed by atoms with E-state index in [0.717, 1.165) is 10.9 Å². The fourth-order valence-corrected chi connectivity index (χ4v) is 7.06. The van der Waals surface area contributed by atoms with Crippen molar-refractivity contribution in [1.29, 1.82) is 0 Å². The first-order chi connectivity index (χ1) is 19.8. The van der Waals surface area contributed by atoms with Gasteiger partial charge in [-0.2, -0.15) is 4.67 Å². The van der Waals surface area contributed by atoms with Gasteiger partial charge in [-0.25, -0.2) is 14.3 Å². The number of benzene rings is 1. The molecule has 1 N–H and O–H groups in total. The molecule has 0 aliphatic carbocycles. The number of hydrogen-bond donors (Lipinski definition) is 1. The first-order valence-corrected chi connectivity index (χ1v) is 14.7. The summed E-state index contributed by atoms with van der Waals surface area (Å²) in [6, 6.07) is 8.05. The Morgan fingerprint density at radius 1 is 1.17 bits per heavy atom. The number of hydrogen-bond acceptors (Lipinski definition) is 10. The van der Waals surface area contributed by atoms with Crippen LogP contribution in [0.15, 0.2) is 41.2 Å². The number of carbonyl (C=O) groups is 1. The van der Waals surface area contributed by atoms with Gasteiger partial charge in [-0.3, -0.25) is 29.5 Å². The molecule has 5 rings (SSSR count). The molecule has 42 heavy (non-hydrogen) atoms. The average molecular weight is 602 g/mol. The first-order valence-electron chi connectivity index (χ1n) is 13.2. The summed E-state index contributed by atoms with van der Waals surface area (Å²) in [6.45, 7) is 2.27. The van der Waals surface area contributed by atoms with E-state index in [1.54, 1.807) is 0 Å². The van der Waals surface area contributed by atoms with E-state index in [9.17, 15) is 39.3 Å². The molecule has 0 saturated heterocycles. The van der Waals surface area contributed by atoms with Gasteiger partial charge in [-0.1, -0.05) is 25.1 Å². The van der Waals surface area contributed by atoms with E-state index in [2.05, 4.69) is 0 Å². The van der Waals surface area contributed by atoms with E-state index >= 15 is 0 Å². The molecule has 222 valence electrons. The van der Waals surface area contributed by atoms with Gasteiger partial charge in [0.25, 0.3) is 5.56 Å². The molecule has 2 aliphatic rings. The maximum absolute atomic E-state index is 13.8. The second kappa shape index (κ2) is 10.7. The Labute approximate surface area is 238 Å². The first kappa shape index (κ1) is 29.5. The minimum atomic E-state index is -5.17. The Morgan fingerprint density at radius 2 is 1.81 bits per heavy atom. The van der Waals surface area contributed by atoms with Crippen LogP contribution < -0.4 is 5.56 Å². The second-order valence-corrected chi connectivity index (χ2v) is 12.2. The highest BCUT2D eigenvalue weighted by atomic mass is 31.2. The van der Waals surface area contributed by atoms with Crippen LogP contribution in [-0.2, 0) is 37.4 Å². The monoisotopic (exact) mass is 601 g/mol. The lowest BCUT2D eigenvalue weighted by Crippen LogP contribution is -2.48. The van der Waals surface area contributed by atoms with Gasteiger partial charge < -0.3 is 14.2 Å². The zero-order chi connectivity index (χ0) is 30.6. The van der Waals surface area contributed by atoms with Gasteiger partial charge in [0.15, 0.2) is 0 Å². The van der Waals surface area contributed by atoms with Crippen molar-refractivity contribution in [2.45, 2.75) is 58.0 Å². The summed E-state index contributed by atoms with van der Waals surface area (Å²) in [5.74, 6) is -1.04. The van der Waals surface area contributed by atoms with Gasteiger partial charge in [0, 0.05) is 40.2 Å². The second-order valence-electron chi connectivity index (χ2n) is 10.5. The molecule has 0 spiro atoms. The van der Waals surface area contributed by atoms with Crippen molar-refractivity contribution in [3.63, 3.8) is 0 Å². The largest absolute Gasteiger partial charge is 0.458 e. The summed E-state index contributed by atoms with van der Waals surface area (Å²) >= 11 is 0. The summed E-state index contributed by atoms with van der Waals surface area (Å²) in [7, 11) is -5.17. The van der Waals surface area contributed by atoms with Crippen LogP contribution in [0.3, 0.4) is 0 Å². The lowest BCUT2D eigenvalue weighted by molar-refractivity contribution is -0.524. The molecule has 0 radical (unpaired) electrons. The number of nitrogens with zero attached hydrogens (tertiary/aromatic N) is 5. The predicted octanol–water partition coefficient (Wildman–Crippen LogP) is 2.84. The number of fused-ring (bicyclic) bond motifs is 5. The maximum Gasteiger partial charge on any atom is 0.407 e. The highest BCUT2D eigenvalue weighted by Crippen LogP contribution is 2.55. The van der Waals surface area contributed by atoms with Gasteiger partial charge in [0.1, 0.15) is 6.61 Å². The van der Waals surface area contributed by atoms with Crippen LogP contribution in [0.25, 0.3) is 22.3 Å². The fraction of sp³-hybridized carbons (Fsp3) is 0.423. The Bertz CT molecular complexity index is 1720. The van der Waals surface area contributed by atoms with Gasteiger partial charge >= 0.3 is 13.7 Å². The molecule has 4 atom stereocenters. The molecular formula is C26H28N5O10P. The van der Waals surface area contributed by atoms with E-state index in [1.807, 2.05) is 30.3 Å². The number of nitro groups is 2. The molecule has 16 heteroatoms. The van der Waals surface area contributed by atoms with Crippen LogP contribution in [0.4, 0.5) is 0 Å². The van der Waals surface area contributed by atoms with Gasteiger partial charge in [-0.15, -0.1) is 0 Å². The number of carbonyl (C=O) groups excluding carboxylic acids is 1. The van der Waals surface area contributed by atoms with Crippen molar-refractivity contribution >= 4 is 24.6 Å². The third-order valence-corrected chi connectivity index (χ3v) is 9.28. The molecule has 3 unspecified atom stereocenters. The van der Waals surface area contributed by atoms with Crippen LogP contribution >= 0.6 is 7.75 Å². The Morgan fingerprint density at radius 3 is 2.43 bits per heavy atom. The smallest absolute Gasteiger partial charge is 0.407 e. The fourth-order valence-electron chi connectivity index (χ4n) is 5.35. The van der Waals surface area contributed by atoms with E-state index in [1.165, 1.54) is 31.4 Å². The highest BCUT2D eigenvalue weighted by molar-refractivity contribution is 7.50. The van der Waals surface area contributed by atoms with E-state index in [4.69, 9.17) is 14.2 Å². The molecular weight excluding hydrogens is 573 g/mol. The number of rotatable bonds is 10. The molecule has 15 nitrogen and oxygen atoms in total. The van der Waals surface area contributed by atoms with Crippen LogP contribution in [0, 0.1) is 20.2 Å². The zero-order valence-corrected chi connectivity index (χ0v) is 23.9. The van der Waals surface area contributed by atoms with Crippen molar-refractivity contribution in [2.75, 3.05) is 13.1 Å². The summed E-state index contributed by atoms with van der Waals surface area (Å²) in [6.07, 6.45) is -0.256. The Balaban J connectivity index is 1.63. The summed E-state index contributed by atoms with van der Waals surface area (Å²) in [5.41, 5.74) is -0.365. The van der Waals surface area contributed by atoms with Crippen molar-refractivity contribution in [3.8, 4) is 11.4 Å². The molecule has 0 saturated carbocycles. The van der Waals surface area contributed by atoms with Crippen LogP contribution in [-0.4, -0.2) is 60.1 Å². The molecule has 2 aliphatic heterocycles. The molecule has 4 heterocycles. The Hall–Kier alpha value is -4.04. The molecule has 0 amide bonds. The minimum absolute atomic E-state index is 0.0131. The summed E-state index contributed by atoms with van der Waals surface area (Å²) in [4.78, 5) is 64.3. The third kappa shape index (κ3) is 4.87. The van der Waals surface area contributed by atoms with Crippen molar-refractivity contribution in [2.24, 2.45) is 0 Å². The summed E-state index contributed by atoms with van der Waals surface area (Å²) < 4.78 is 26.9. The highest BCUT2D eigenvalue weighted by Gasteiger charge is 2.54. The number of cyclic esters (lactones) is 1. The van der Waals surface area contributed by atoms with E-state index < -0.39 is 66.5 Å². The number of ether oxygens (including phenoxy) is 1. The normalized spacial score (nSPS) is 20.3. The van der Waals surface area contributed by atoms with E-state index in [-0.39, 0.29) is 24.1 Å². The molecule has 1 aromatic carbocycles. The zero-order valence-electron chi connectivity index (χ0n) is 23.0. The minimum Gasteiger partial charge on any atom is -0.458 e. The van der Waals surface area contributed by atoms with Crippen LogP contribution in [0.2, 0.25) is 0 Å². The topological polar surface area (TPSA) is 197 Å². The standard InChI is InChI=1S/C26H28N5O10P/c1-4-26(41-42(38,39)28(11-15(2)30(34)35)12-16(3)31(36)37)20-10-22-23-18(9-17-7-5-6-8-21(17)27-23)13-29(22)24(32)19(20)14-40-25(26)33/h5-10,15-16H,4,11-14H2,1-3H3,(H,38,39)/t15?,16?,26-/m0/s1. The molecule has 0 bridgehead atoms. The molecule has 0 fully saturated rings. The quantitative estimate of drug-likeness (QED) is 0.121. The Kier molecular flexibility index (Phi) is 7.47. The lowest BCUT2D eigenvalue weighted by atomic mass is 9.86. The van der Waals surface area contributed by atoms with Crippen molar-refractivity contribution < 1.29 is 33.4 Å². The van der Waals surface area contributed by atoms with Crippen molar-refractivity contribution in [3.05, 3.63) is 83.7 Å². The SMILES string of the molecule is CC[C@@]1(OP(=O)(O)N(CC(C)[N+](=O)[O-])CC(C)[N+](=O)[O-])C(=O)OCc2c1cc1n(c2=O)Cc2cc3ccccc3nc2-1. The maximum atomic E-state index is 13.8. The molecule has 3 aromatic rings. The van der Waals surface area contributed by atoms with Gasteiger partial charge in [-0.05, 0) is 24.6 Å². The average Bonchev–Trinajstić information content (AvgIpc) is 3.30. The number of esters is 1. The van der Waals surface area contributed by atoms with Crippen LogP contribution in [0.5, 0.6) is 0 Å². The van der Waals surface area contributed by atoms with E-state index in [0.29, 0.717) is 21.6 Å². The third-order valence-electron chi connectivity index (χ3n) is 7.69. The van der Waals surface area contributed by atoms with Crippen molar-refractivity contribution in [1.82, 2.24) is 14.2 Å². The molecule has 2 aromatic heterocycles. The van der Waals surface area contributed by atoms with Crippen LogP contribution in [0.1, 0.15) is 43.9 Å². The summed E-state index contributed by atoms with van der Waals surface area (Å²) in [5, 5.41) is 23.6.